The number of anilines is 2. The number of hydrogen-bond donors (Lipinski definition) is 1. The second-order valence-corrected chi connectivity index (χ2v) is 8.78. The van der Waals surface area contributed by atoms with Crippen molar-refractivity contribution in [3.05, 3.63) is 45.8 Å². The predicted molar refractivity (Wildman–Crippen MR) is 117 cm³/mol. The molecule has 0 radical (unpaired) electrons. The Morgan fingerprint density at radius 2 is 2.03 bits per heavy atom. The minimum Gasteiger partial charge on any atom is -0.353 e. The lowest BCUT2D eigenvalue weighted by molar-refractivity contribution is 0.103. The van der Waals surface area contributed by atoms with Crippen molar-refractivity contribution in [2.75, 3.05) is 16.8 Å². The van der Waals surface area contributed by atoms with Crippen LogP contribution < -0.4 is 10.2 Å². The van der Waals surface area contributed by atoms with Crippen LogP contribution in [0.5, 0.6) is 0 Å². The van der Waals surface area contributed by atoms with Crippen LogP contribution in [0.4, 0.5) is 15.9 Å². The van der Waals surface area contributed by atoms with Crippen LogP contribution in [0, 0.1) is 26.6 Å². The summed E-state index contributed by atoms with van der Waals surface area (Å²) in [6, 6.07) is 4.81. The molecular weight excluding hydrogens is 387 g/mol. The third-order valence-corrected chi connectivity index (χ3v) is 6.80. The molecule has 0 aliphatic carbocycles. The molecule has 3 aromatic rings. The molecule has 1 aromatic carbocycles. The average Bonchev–Trinajstić information content (AvgIpc) is 3.01. The highest BCUT2D eigenvalue weighted by Gasteiger charge is 2.26. The molecule has 5 nitrogen and oxygen atoms in total. The highest BCUT2D eigenvalue weighted by Crippen LogP contribution is 2.38. The summed E-state index contributed by atoms with van der Waals surface area (Å²) in [7, 11) is 0. The standard InChI is InChI=1S/C22H25FN4OS/c1-12-8-9-16(23)11-17(12)26-21(28)19-14(3)18-20(24-15(4)25-22(18)29-19)27-10-6-5-7-13(27)2/h8-9,11,13H,5-7,10H2,1-4H3,(H,26,28). The largest absolute Gasteiger partial charge is 0.353 e. The Labute approximate surface area is 174 Å². The van der Waals surface area contributed by atoms with Crippen LogP contribution in [0.1, 0.15) is 52.8 Å². The summed E-state index contributed by atoms with van der Waals surface area (Å²) in [6.07, 6.45) is 3.51. The van der Waals surface area contributed by atoms with Crippen molar-refractivity contribution in [3.8, 4) is 0 Å². The van der Waals surface area contributed by atoms with Gasteiger partial charge in [0.1, 0.15) is 22.3 Å². The second kappa shape index (κ2) is 7.71. The van der Waals surface area contributed by atoms with Gasteiger partial charge in [0.15, 0.2) is 0 Å². The lowest BCUT2D eigenvalue weighted by atomic mass is 10.0. The van der Waals surface area contributed by atoms with E-state index in [2.05, 4.69) is 22.1 Å². The van der Waals surface area contributed by atoms with Crippen LogP contribution >= 0.6 is 11.3 Å². The van der Waals surface area contributed by atoms with Crippen molar-refractivity contribution in [2.24, 2.45) is 0 Å². The van der Waals surface area contributed by atoms with Crippen LogP contribution in [-0.4, -0.2) is 28.5 Å². The van der Waals surface area contributed by atoms with Gasteiger partial charge in [-0.3, -0.25) is 4.79 Å². The number of piperidine rings is 1. The van der Waals surface area contributed by atoms with Crippen molar-refractivity contribution in [3.63, 3.8) is 0 Å². The number of nitrogens with zero attached hydrogens (tertiary/aromatic N) is 3. The fourth-order valence-corrected chi connectivity index (χ4v) is 5.08. The van der Waals surface area contributed by atoms with E-state index >= 15 is 0 Å². The molecule has 4 rings (SSSR count). The number of nitrogens with one attached hydrogen (secondary N) is 1. The fraction of sp³-hybridized carbons (Fsp3) is 0.409. The molecule has 1 amide bonds. The molecule has 0 saturated carbocycles. The highest BCUT2D eigenvalue weighted by atomic mass is 32.1. The Balaban J connectivity index is 1.76. The van der Waals surface area contributed by atoms with Gasteiger partial charge < -0.3 is 10.2 Å². The molecule has 1 fully saturated rings. The minimum atomic E-state index is -0.373. The molecule has 2 aromatic heterocycles. The molecule has 152 valence electrons. The first-order valence-corrected chi connectivity index (χ1v) is 10.8. The van der Waals surface area contributed by atoms with Gasteiger partial charge in [0.05, 0.1) is 10.3 Å². The van der Waals surface area contributed by atoms with Gasteiger partial charge in [0.25, 0.3) is 5.91 Å². The van der Waals surface area contributed by atoms with E-state index in [1.165, 1.54) is 29.9 Å². The number of carbonyl (C=O) groups excluding carboxylic acids is 1. The molecular formula is C22H25FN4OS. The summed E-state index contributed by atoms with van der Waals surface area (Å²) in [6.45, 7) is 8.87. The van der Waals surface area contributed by atoms with Gasteiger partial charge >= 0.3 is 0 Å². The summed E-state index contributed by atoms with van der Waals surface area (Å²) < 4.78 is 13.6. The number of fused-ring (bicyclic) bond motifs is 1. The van der Waals surface area contributed by atoms with Gasteiger partial charge in [-0.1, -0.05) is 6.07 Å². The molecule has 1 saturated heterocycles. The molecule has 1 aliphatic rings. The fourth-order valence-electron chi connectivity index (χ4n) is 3.97. The first kappa shape index (κ1) is 19.8. The molecule has 1 aliphatic heterocycles. The smallest absolute Gasteiger partial charge is 0.266 e. The van der Waals surface area contributed by atoms with Crippen molar-refractivity contribution in [2.45, 2.75) is 53.0 Å². The second-order valence-electron chi connectivity index (χ2n) is 7.78. The van der Waals surface area contributed by atoms with Gasteiger partial charge in [-0.25, -0.2) is 14.4 Å². The number of rotatable bonds is 3. The first-order valence-electron chi connectivity index (χ1n) is 9.97. The van der Waals surface area contributed by atoms with E-state index in [4.69, 9.17) is 4.98 Å². The van der Waals surface area contributed by atoms with Crippen molar-refractivity contribution in [1.82, 2.24) is 9.97 Å². The van der Waals surface area contributed by atoms with Crippen molar-refractivity contribution in [1.29, 1.82) is 0 Å². The summed E-state index contributed by atoms with van der Waals surface area (Å²) in [5.74, 6) is 1.02. The quantitative estimate of drug-likeness (QED) is 0.627. The Morgan fingerprint density at radius 3 is 2.79 bits per heavy atom. The van der Waals surface area contributed by atoms with E-state index in [0.717, 1.165) is 46.5 Å². The van der Waals surface area contributed by atoms with Crippen molar-refractivity contribution < 1.29 is 9.18 Å². The van der Waals surface area contributed by atoms with E-state index < -0.39 is 0 Å². The lowest BCUT2D eigenvalue weighted by Crippen LogP contribution is -2.38. The van der Waals surface area contributed by atoms with Crippen LogP contribution in [0.15, 0.2) is 18.2 Å². The number of thiophene rings is 1. The van der Waals surface area contributed by atoms with E-state index in [-0.39, 0.29) is 11.7 Å². The zero-order valence-electron chi connectivity index (χ0n) is 17.2. The number of halogens is 1. The monoisotopic (exact) mass is 412 g/mol. The average molecular weight is 413 g/mol. The SMILES string of the molecule is Cc1nc(N2CCCCC2C)c2c(C)c(C(=O)Nc3cc(F)ccc3C)sc2n1. The van der Waals surface area contributed by atoms with Gasteiger partial charge in [0.2, 0.25) is 0 Å². The van der Waals surface area contributed by atoms with E-state index in [1.54, 1.807) is 6.07 Å². The normalized spacial score (nSPS) is 17.0. The lowest BCUT2D eigenvalue weighted by Gasteiger charge is -2.35. The third-order valence-electron chi connectivity index (χ3n) is 5.61. The highest BCUT2D eigenvalue weighted by molar-refractivity contribution is 7.20. The summed E-state index contributed by atoms with van der Waals surface area (Å²) in [5.41, 5.74) is 2.18. The van der Waals surface area contributed by atoms with Crippen LogP contribution in [0.2, 0.25) is 0 Å². The summed E-state index contributed by atoms with van der Waals surface area (Å²) in [5, 5.41) is 3.82. The molecule has 0 spiro atoms. The zero-order chi connectivity index (χ0) is 20.7. The summed E-state index contributed by atoms with van der Waals surface area (Å²) >= 11 is 1.37. The number of benzene rings is 1. The van der Waals surface area contributed by atoms with E-state index in [9.17, 15) is 9.18 Å². The van der Waals surface area contributed by atoms with Gasteiger partial charge in [-0.05, 0) is 70.2 Å². The molecule has 1 unspecified atom stereocenters. The predicted octanol–water partition coefficient (Wildman–Crippen LogP) is 5.39. The van der Waals surface area contributed by atoms with Gasteiger partial charge in [-0.15, -0.1) is 11.3 Å². The Hall–Kier alpha value is -2.54. The maximum Gasteiger partial charge on any atom is 0.266 e. The van der Waals surface area contributed by atoms with E-state index in [1.807, 2.05) is 20.8 Å². The number of hydrogen-bond acceptors (Lipinski definition) is 5. The molecule has 1 N–H and O–H groups in total. The topological polar surface area (TPSA) is 58.1 Å². The zero-order valence-corrected chi connectivity index (χ0v) is 18.0. The van der Waals surface area contributed by atoms with Crippen LogP contribution in [0.25, 0.3) is 10.2 Å². The third kappa shape index (κ3) is 3.71. The minimum absolute atomic E-state index is 0.241. The van der Waals surface area contributed by atoms with E-state index in [0.29, 0.717) is 22.4 Å². The molecule has 0 bridgehead atoms. The Bertz CT molecular complexity index is 1090. The molecule has 3 heterocycles. The van der Waals surface area contributed by atoms with Crippen molar-refractivity contribution >= 4 is 39.0 Å². The molecule has 29 heavy (non-hydrogen) atoms. The maximum atomic E-state index is 13.6. The number of carbonyl (C=O) groups is 1. The maximum absolute atomic E-state index is 13.6. The van der Waals surface area contributed by atoms with Gasteiger partial charge in [0, 0.05) is 18.3 Å². The molecule has 7 heteroatoms. The number of aryl methyl sites for hydroxylation is 3. The Morgan fingerprint density at radius 1 is 1.24 bits per heavy atom. The molecule has 1 atom stereocenters. The van der Waals surface area contributed by atoms with Crippen LogP contribution in [0.3, 0.4) is 0 Å². The number of aromatic nitrogens is 2. The first-order chi connectivity index (χ1) is 13.8. The summed E-state index contributed by atoms with van der Waals surface area (Å²) in [4.78, 5) is 26.1. The van der Waals surface area contributed by atoms with Crippen LogP contribution in [-0.2, 0) is 0 Å². The Kier molecular flexibility index (Phi) is 5.25. The number of amides is 1. The van der Waals surface area contributed by atoms with Gasteiger partial charge in [-0.2, -0.15) is 0 Å².